The Morgan fingerprint density at radius 2 is 1.97 bits per heavy atom. The van der Waals surface area contributed by atoms with Crippen molar-refractivity contribution in [1.29, 1.82) is 0 Å². The number of methoxy groups -OCH3 is 1. The van der Waals surface area contributed by atoms with Gasteiger partial charge in [-0.25, -0.2) is 8.42 Å². The van der Waals surface area contributed by atoms with Gasteiger partial charge in [0.2, 0.25) is 0 Å². The number of unbranched alkanes of at least 4 members (excludes halogenated alkanes) is 3. The zero-order valence-corrected chi connectivity index (χ0v) is 20.9. The van der Waals surface area contributed by atoms with E-state index in [0.717, 1.165) is 19.4 Å². The van der Waals surface area contributed by atoms with Crippen LogP contribution in [-0.2, 0) is 14.6 Å². The van der Waals surface area contributed by atoms with Gasteiger partial charge in [-0.1, -0.05) is 44.7 Å². The predicted molar refractivity (Wildman–Crippen MR) is 130 cm³/mol. The minimum Gasteiger partial charge on any atom is -0.367 e. The molecule has 1 aromatic rings. The first-order valence-electron chi connectivity index (χ1n) is 11.9. The zero-order chi connectivity index (χ0) is 22.3. The third-order valence-corrected chi connectivity index (χ3v) is 9.31. The summed E-state index contributed by atoms with van der Waals surface area (Å²) in [6.45, 7) is 3.28. The van der Waals surface area contributed by atoms with E-state index in [1.165, 1.54) is 56.1 Å². The first-order valence-corrected chi connectivity index (χ1v) is 14.8. The van der Waals surface area contributed by atoms with Gasteiger partial charge in [0, 0.05) is 25.2 Å². The number of hydrogen-bond donors (Lipinski definition) is 2. The van der Waals surface area contributed by atoms with E-state index >= 15 is 0 Å². The second-order valence-electron chi connectivity index (χ2n) is 9.11. The number of rotatable bonds is 11. The lowest BCUT2D eigenvalue weighted by Gasteiger charge is -2.43. The quantitative estimate of drug-likeness (QED) is 0.465. The number of piperidine rings is 1. The molecule has 5 unspecified atom stereocenters. The van der Waals surface area contributed by atoms with Crippen molar-refractivity contribution in [1.82, 2.24) is 10.6 Å². The van der Waals surface area contributed by atoms with Gasteiger partial charge in [-0.3, -0.25) is 5.32 Å². The molecule has 0 bridgehead atoms. The van der Waals surface area contributed by atoms with Crippen LogP contribution in [0, 0.1) is 5.92 Å². The Hall–Kier alpha value is -0.600. The molecule has 0 amide bonds. The molecular formula is C24H40N2O3S2. The number of thioether (sulfide) groups is 1. The lowest BCUT2D eigenvalue weighted by molar-refractivity contribution is -0.00233. The van der Waals surface area contributed by atoms with E-state index < -0.39 is 9.84 Å². The van der Waals surface area contributed by atoms with Gasteiger partial charge < -0.3 is 10.1 Å². The second-order valence-corrected chi connectivity index (χ2v) is 12.5. The second kappa shape index (κ2) is 12.0. The molecule has 2 saturated heterocycles. The van der Waals surface area contributed by atoms with Gasteiger partial charge in [0.15, 0.2) is 9.84 Å². The Bertz CT molecular complexity index is 764. The summed E-state index contributed by atoms with van der Waals surface area (Å²) in [6, 6.07) is 7.56. The number of nitrogens with one attached hydrogen (secondary N) is 2. The molecule has 176 valence electrons. The molecule has 2 N–H and O–H groups in total. The van der Waals surface area contributed by atoms with Crippen LogP contribution in [0.25, 0.3) is 0 Å². The van der Waals surface area contributed by atoms with Crippen molar-refractivity contribution in [2.24, 2.45) is 5.92 Å². The Labute approximate surface area is 193 Å². The fraction of sp³-hybridized carbons (Fsp3) is 0.750. The van der Waals surface area contributed by atoms with Gasteiger partial charge in [0.25, 0.3) is 0 Å². The van der Waals surface area contributed by atoms with Crippen LogP contribution in [0.4, 0.5) is 0 Å². The summed E-state index contributed by atoms with van der Waals surface area (Å²) >= 11 is 2.09. The van der Waals surface area contributed by atoms with Crippen LogP contribution in [-0.4, -0.2) is 51.7 Å². The van der Waals surface area contributed by atoms with E-state index in [0.29, 0.717) is 22.0 Å². The molecule has 0 aliphatic carbocycles. The van der Waals surface area contributed by atoms with Gasteiger partial charge in [-0.15, -0.1) is 0 Å². The maximum atomic E-state index is 11.9. The highest BCUT2D eigenvalue weighted by Crippen LogP contribution is 2.39. The molecule has 0 saturated carbocycles. The fourth-order valence-electron chi connectivity index (χ4n) is 4.99. The first-order chi connectivity index (χ1) is 14.9. The summed E-state index contributed by atoms with van der Waals surface area (Å²) in [5, 5.41) is 8.27. The van der Waals surface area contributed by atoms with E-state index in [1.807, 2.05) is 12.1 Å². The average Bonchev–Trinajstić information content (AvgIpc) is 3.28. The fourth-order valence-corrected chi connectivity index (χ4v) is 6.83. The highest BCUT2D eigenvalue weighted by molar-refractivity contribution is 8.00. The van der Waals surface area contributed by atoms with Crippen LogP contribution in [0.2, 0.25) is 0 Å². The lowest BCUT2D eigenvalue weighted by Crippen LogP contribution is -2.59. The minimum absolute atomic E-state index is 0.000192. The van der Waals surface area contributed by atoms with Crippen molar-refractivity contribution < 1.29 is 13.2 Å². The van der Waals surface area contributed by atoms with Gasteiger partial charge in [0.05, 0.1) is 11.1 Å². The number of ether oxygens (including phenoxy) is 1. The summed E-state index contributed by atoms with van der Waals surface area (Å²) in [5.41, 5.74) is 1.22. The summed E-state index contributed by atoms with van der Waals surface area (Å²) in [5.74, 6) is 2.08. The van der Waals surface area contributed by atoms with Crippen molar-refractivity contribution in [3.8, 4) is 0 Å². The van der Waals surface area contributed by atoms with Crippen molar-refractivity contribution in [2.45, 2.75) is 86.7 Å². The van der Waals surface area contributed by atoms with Crippen molar-refractivity contribution in [3.05, 3.63) is 29.8 Å². The molecule has 7 heteroatoms. The molecular weight excluding hydrogens is 428 g/mol. The van der Waals surface area contributed by atoms with Crippen molar-refractivity contribution in [2.75, 3.05) is 25.7 Å². The third kappa shape index (κ3) is 7.19. The summed E-state index contributed by atoms with van der Waals surface area (Å²) in [4.78, 5) is 0.390. The SMILES string of the molecule is CCCCCCC1C(NCC2CCCS2)NC(OC)CC1c1ccc(S(C)(=O)=O)cc1. The molecule has 31 heavy (non-hydrogen) atoms. The normalized spacial score (nSPS) is 29.3. The Balaban J connectivity index is 1.79. The number of benzene rings is 1. The standard InChI is InChI=1S/C24H40N2O3S2/c1-4-5-6-7-10-21-22(18-11-13-20(14-12-18)31(3,27)28)16-23(29-2)26-24(21)25-17-19-9-8-15-30-19/h11-14,19,21-26H,4-10,15-17H2,1-3H3. The number of sulfone groups is 1. The molecule has 5 nitrogen and oxygen atoms in total. The van der Waals surface area contributed by atoms with Crippen LogP contribution in [0.3, 0.4) is 0 Å². The Morgan fingerprint density at radius 1 is 1.19 bits per heavy atom. The molecule has 0 radical (unpaired) electrons. The highest BCUT2D eigenvalue weighted by atomic mass is 32.2. The first kappa shape index (κ1) is 25.0. The largest absolute Gasteiger partial charge is 0.367 e. The Kier molecular flexibility index (Phi) is 9.71. The summed E-state index contributed by atoms with van der Waals surface area (Å²) in [7, 11) is -1.41. The van der Waals surface area contributed by atoms with Gasteiger partial charge >= 0.3 is 0 Å². The minimum atomic E-state index is -3.18. The van der Waals surface area contributed by atoms with Crippen molar-refractivity contribution in [3.63, 3.8) is 0 Å². The van der Waals surface area contributed by atoms with E-state index in [2.05, 4.69) is 29.3 Å². The molecule has 2 heterocycles. The maximum absolute atomic E-state index is 11.9. The molecule has 1 aromatic carbocycles. The third-order valence-electron chi connectivity index (χ3n) is 6.78. The highest BCUT2D eigenvalue weighted by Gasteiger charge is 2.38. The van der Waals surface area contributed by atoms with E-state index in [9.17, 15) is 8.42 Å². The molecule has 5 atom stereocenters. The van der Waals surface area contributed by atoms with Gasteiger partial charge in [-0.2, -0.15) is 11.8 Å². The molecule has 2 aliphatic rings. The molecule has 0 spiro atoms. The van der Waals surface area contributed by atoms with E-state index in [4.69, 9.17) is 4.74 Å². The van der Waals surface area contributed by atoms with Gasteiger partial charge in [0.1, 0.15) is 6.23 Å². The van der Waals surface area contributed by atoms with E-state index in [-0.39, 0.29) is 12.4 Å². The predicted octanol–water partition coefficient (Wildman–Crippen LogP) is 4.54. The lowest BCUT2D eigenvalue weighted by atomic mass is 9.76. The monoisotopic (exact) mass is 468 g/mol. The van der Waals surface area contributed by atoms with Crippen LogP contribution >= 0.6 is 11.8 Å². The number of hydrogen-bond acceptors (Lipinski definition) is 6. The van der Waals surface area contributed by atoms with Crippen LogP contribution in [0.5, 0.6) is 0 Å². The van der Waals surface area contributed by atoms with Gasteiger partial charge in [-0.05, 0) is 61.0 Å². The van der Waals surface area contributed by atoms with E-state index in [1.54, 1.807) is 19.2 Å². The smallest absolute Gasteiger partial charge is 0.175 e. The molecule has 3 rings (SSSR count). The van der Waals surface area contributed by atoms with Crippen LogP contribution < -0.4 is 10.6 Å². The van der Waals surface area contributed by atoms with Crippen LogP contribution in [0.1, 0.15) is 69.8 Å². The maximum Gasteiger partial charge on any atom is 0.175 e. The molecule has 2 fully saturated rings. The topological polar surface area (TPSA) is 67.4 Å². The average molecular weight is 469 g/mol. The molecule has 2 aliphatic heterocycles. The zero-order valence-electron chi connectivity index (χ0n) is 19.3. The summed E-state index contributed by atoms with van der Waals surface area (Å²) in [6.07, 6.45) is 11.2. The molecule has 0 aromatic heterocycles. The van der Waals surface area contributed by atoms with Crippen LogP contribution in [0.15, 0.2) is 29.2 Å². The Morgan fingerprint density at radius 3 is 2.58 bits per heavy atom. The van der Waals surface area contributed by atoms with Crippen molar-refractivity contribution >= 4 is 21.6 Å². The summed E-state index contributed by atoms with van der Waals surface area (Å²) < 4.78 is 29.6.